The van der Waals surface area contributed by atoms with Gasteiger partial charge in [-0.3, -0.25) is 9.59 Å². The minimum Gasteiger partial charge on any atom is -0.450 e. The molecule has 4 atom stereocenters. The van der Waals surface area contributed by atoms with Crippen LogP contribution in [0, 0.1) is 0 Å². The topological polar surface area (TPSA) is 115 Å². The number of nitrogens with one attached hydrogen (secondary N) is 1. The normalized spacial score (nSPS) is 25.4. The smallest absolute Gasteiger partial charge is 0.409 e. The molecular weight excluding hydrogens is 576 g/mol. The van der Waals surface area contributed by atoms with E-state index in [0.717, 1.165) is 29.9 Å². The van der Waals surface area contributed by atoms with Crippen molar-refractivity contribution in [2.45, 2.75) is 50.6 Å². The highest BCUT2D eigenvalue weighted by molar-refractivity contribution is 6.05. The standard InChI is InChI=1S/C17H21N3O3.C16H19N3O3/c1-3-23-17(22)19-8-7-13-12(9-19)11-5-4-6-14-16(11)20(13)10-15(21)18(14)2;1-2-22-16(21)18-7-6-13-11(8-18)10-4-3-5-12-15(10)19(13)9-14(20)17-12/h4-6,12-13H,3,7-10H2,1-2H3;3-5,11,13H,2,6-9H2,1H3,(H,17,20)/t12-,13-;11-,13-/m00/s1. The van der Waals surface area contributed by atoms with Gasteiger partial charge in [-0.05, 0) is 49.9 Å². The van der Waals surface area contributed by atoms with Gasteiger partial charge in [0, 0.05) is 57.1 Å². The fraction of sp³-hybridized carbons (Fsp3) is 0.515. The van der Waals surface area contributed by atoms with Crippen molar-refractivity contribution in [2.24, 2.45) is 0 Å². The van der Waals surface area contributed by atoms with Crippen molar-refractivity contribution in [3.63, 3.8) is 0 Å². The quantitative estimate of drug-likeness (QED) is 0.545. The van der Waals surface area contributed by atoms with Crippen molar-refractivity contribution in [2.75, 3.05) is 79.5 Å². The first kappa shape index (κ1) is 29.2. The Balaban J connectivity index is 0.000000145. The number of carbonyl (C=O) groups is 4. The van der Waals surface area contributed by atoms with E-state index in [2.05, 4.69) is 27.2 Å². The van der Waals surface area contributed by atoms with Crippen LogP contribution in [0.4, 0.5) is 32.3 Å². The number of hydrogen-bond acceptors (Lipinski definition) is 8. The van der Waals surface area contributed by atoms with E-state index >= 15 is 0 Å². The summed E-state index contributed by atoms with van der Waals surface area (Å²) in [5.41, 5.74) is 6.68. The molecule has 0 aromatic heterocycles. The second-order valence-electron chi connectivity index (χ2n) is 12.4. The Morgan fingerprint density at radius 3 is 1.96 bits per heavy atom. The molecule has 12 heteroatoms. The van der Waals surface area contributed by atoms with E-state index in [0.29, 0.717) is 64.6 Å². The van der Waals surface area contributed by atoms with Crippen LogP contribution in [0.1, 0.15) is 49.7 Å². The van der Waals surface area contributed by atoms with E-state index in [-0.39, 0.29) is 35.8 Å². The summed E-state index contributed by atoms with van der Waals surface area (Å²) in [6.45, 7) is 7.97. The first-order valence-electron chi connectivity index (χ1n) is 16.0. The number of hydrogen-bond donors (Lipinski definition) is 1. The molecule has 6 heterocycles. The van der Waals surface area contributed by atoms with Gasteiger partial charge in [0.1, 0.15) is 0 Å². The van der Waals surface area contributed by atoms with Crippen molar-refractivity contribution in [3.8, 4) is 0 Å². The Bertz CT molecular complexity index is 1550. The summed E-state index contributed by atoms with van der Waals surface area (Å²) in [4.78, 5) is 58.1. The average molecular weight is 617 g/mol. The van der Waals surface area contributed by atoms with Gasteiger partial charge in [0.2, 0.25) is 11.8 Å². The Labute approximate surface area is 262 Å². The molecule has 0 radical (unpaired) electrons. The third-order valence-corrected chi connectivity index (χ3v) is 10.1. The number of para-hydroxylation sites is 2. The molecule has 0 bridgehead atoms. The lowest BCUT2D eigenvalue weighted by Crippen LogP contribution is -2.52. The fourth-order valence-corrected chi connectivity index (χ4v) is 8.17. The second kappa shape index (κ2) is 11.5. The fourth-order valence-electron chi connectivity index (χ4n) is 8.17. The van der Waals surface area contributed by atoms with Gasteiger partial charge in [-0.25, -0.2) is 9.59 Å². The number of nitrogens with zero attached hydrogens (tertiary/aromatic N) is 5. The zero-order valence-electron chi connectivity index (χ0n) is 26.0. The summed E-state index contributed by atoms with van der Waals surface area (Å²) in [6, 6.07) is 12.8. The Morgan fingerprint density at radius 1 is 0.800 bits per heavy atom. The first-order valence-corrected chi connectivity index (χ1v) is 16.0. The molecule has 6 aliphatic rings. The number of carbonyl (C=O) groups excluding carboxylic acids is 4. The van der Waals surface area contributed by atoms with E-state index in [4.69, 9.17) is 9.47 Å². The summed E-state index contributed by atoms with van der Waals surface area (Å²) in [7, 11) is 1.84. The highest BCUT2D eigenvalue weighted by atomic mass is 16.6. The number of ether oxygens (including phenoxy) is 2. The molecule has 12 nitrogen and oxygen atoms in total. The van der Waals surface area contributed by atoms with Gasteiger partial charge in [-0.1, -0.05) is 24.3 Å². The van der Waals surface area contributed by atoms with Crippen molar-refractivity contribution in [1.29, 1.82) is 0 Å². The lowest BCUT2D eigenvalue weighted by Gasteiger charge is -2.40. The minimum absolute atomic E-state index is 0.0399. The molecule has 1 N–H and O–H groups in total. The Kier molecular flexibility index (Phi) is 7.45. The van der Waals surface area contributed by atoms with Gasteiger partial charge < -0.3 is 39.3 Å². The molecule has 2 fully saturated rings. The van der Waals surface area contributed by atoms with Crippen molar-refractivity contribution < 1.29 is 28.7 Å². The van der Waals surface area contributed by atoms with E-state index in [1.807, 2.05) is 45.2 Å². The summed E-state index contributed by atoms with van der Waals surface area (Å²) in [5.74, 6) is 0.671. The van der Waals surface area contributed by atoms with E-state index in [9.17, 15) is 19.2 Å². The van der Waals surface area contributed by atoms with Crippen LogP contribution in [0.5, 0.6) is 0 Å². The summed E-state index contributed by atoms with van der Waals surface area (Å²) >= 11 is 0. The zero-order chi connectivity index (χ0) is 31.4. The van der Waals surface area contributed by atoms with Crippen molar-refractivity contribution >= 4 is 46.8 Å². The van der Waals surface area contributed by atoms with Crippen LogP contribution < -0.4 is 20.0 Å². The number of amides is 4. The predicted molar refractivity (Wildman–Crippen MR) is 169 cm³/mol. The molecule has 8 rings (SSSR count). The number of likely N-dealkylation sites (N-methyl/N-ethyl adjacent to an activating group) is 1. The summed E-state index contributed by atoms with van der Waals surface area (Å²) in [5, 5.41) is 2.95. The Hall–Kier alpha value is -4.48. The van der Waals surface area contributed by atoms with E-state index < -0.39 is 0 Å². The number of fused-ring (bicyclic) bond motifs is 6. The van der Waals surface area contributed by atoms with Crippen molar-refractivity contribution in [3.05, 3.63) is 47.5 Å². The van der Waals surface area contributed by atoms with Crippen LogP contribution in [0.15, 0.2) is 36.4 Å². The van der Waals surface area contributed by atoms with Gasteiger partial charge in [-0.2, -0.15) is 0 Å². The maximum absolute atomic E-state index is 12.3. The lowest BCUT2D eigenvalue weighted by molar-refractivity contribution is -0.117. The average Bonchev–Trinajstić information content (AvgIpc) is 3.53. The first-order chi connectivity index (χ1) is 21.8. The summed E-state index contributed by atoms with van der Waals surface area (Å²) < 4.78 is 10.3. The lowest BCUT2D eigenvalue weighted by atomic mass is 9.89. The van der Waals surface area contributed by atoms with Crippen molar-refractivity contribution in [1.82, 2.24) is 9.80 Å². The van der Waals surface area contributed by atoms with E-state index in [1.54, 1.807) is 14.7 Å². The van der Waals surface area contributed by atoms with Crippen LogP contribution in [0.2, 0.25) is 0 Å². The third-order valence-electron chi connectivity index (χ3n) is 10.1. The van der Waals surface area contributed by atoms with Gasteiger partial charge in [-0.15, -0.1) is 0 Å². The molecular formula is C33H40N6O6. The molecule has 0 spiro atoms. The van der Waals surface area contributed by atoms with Gasteiger partial charge in [0.05, 0.1) is 49.1 Å². The highest BCUT2D eigenvalue weighted by Gasteiger charge is 2.48. The molecule has 4 amide bonds. The number of anilines is 4. The van der Waals surface area contributed by atoms with E-state index in [1.165, 1.54) is 16.8 Å². The summed E-state index contributed by atoms with van der Waals surface area (Å²) in [6.07, 6.45) is 1.27. The molecule has 0 unspecified atom stereocenters. The number of rotatable bonds is 2. The maximum atomic E-state index is 12.3. The number of piperidine rings is 2. The molecule has 0 aliphatic carbocycles. The van der Waals surface area contributed by atoms with Gasteiger partial charge >= 0.3 is 12.2 Å². The van der Waals surface area contributed by atoms with Crippen LogP contribution in [0.25, 0.3) is 0 Å². The zero-order valence-corrected chi connectivity index (χ0v) is 26.0. The molecule has 2 saturated heterocycles. The largest absolute Gasteiger partial charge is 0.450 e. The van der Waals surface area contributed by atoms with Gasteiger partial charge in [0.15, 0.2) is 0 Å². The third kappa shape index (κ3) is 4.81. The monoisotopic (exact) mass is 616 g/mol. The second-order valence-corrected chi connectivity index (χ2v) is 12.4. The number of benzene rings is 2. The molecule has 6 aliphatic heterocycles. The minimum atomic E-state index is -0.235. The molecule has 0 saturated carbocycles. The predicted octanol–water partition coefficient (Wildman–Crippen LogP) is 3.57. The molecule has 238 valence electrons. The van der Waals surface area contributed by atoms with Crippen LogP contribution in [-0.4, -0.2) is 105 Å². The van der Waals surface area contributed by atoms with Crippen LogP contribution in [0.3, 0.4) is 0 Å². The van der Waals surface area contributed by atoms with Crippen LogP contribution in [-0.2, 0) is 19.1 Å². The number of likely N-dealkylation sites (tertiary alicyclic amines) is 2. The molecule has 45 heavy (non-hydrogen) atoms. The van der Waals surface area contributed by atoms with Crippen LogP contribution >= 0.6 is 0 Å². The Morgan fingerprint density at radius 2 is 1.36 bits per heavy atom. The SMILES string of the molecule is CCOC(=O)N1CC[C@H]2[C@@H](C1)c1cccc3c1N2CC(=O)N3.CCOC(=O)N1CC[C@H]2[C@@H](C1)c1cccc3c1N2CC(=O)N3C. The van der Waals surface area contributed by atoms with Gasteiger partial charge in [0.25, 0.3) is 0 Å². The maximum Gasteiger partial charge on any atom is 0.409 e. The molecule has 2 aromatic rings. The molecule has 2 aromatic carbocycles. The highest BCUT2D eigenvalue weighted by Crippen LogP contribution is 2.51.